The zero-order valence-corrected chi connectivity index (χ0v) is 9.81. The van der Waals surface area contributed by atoms with Gasteiger partial charge >= 0.3 is 0 Å². The summed E-state index contributed by atoms with van der Waals surface area (Å²) in [7, 11) is 0. The van der Waals surface area contributed by atoms with Gasteiger partial charge in [0.25, 0.3) is 0 Å². The maximum atomic E-state index is 9.51. The molecule has 1 aliphatic heterocycles. The topological polar surface area (TPSA) is 41.5 Å². The molecule has 16 heavy (non-hydrogen) atoms. The fourth-order valence-corrected chi connectivity index (χ4v) is 1.97. The Hall–Kier alpha value is -1.06. The summed E-state index contributed by atoms with van der Waals surface area (Å²) in [5.74, 6) is 0.962. The lowest BCUT2D eigenvalue weighted by Crippen LogP contribution is -2.39. The molecule has 1 heterocycles. The molecule has 0 amide bonds. The van der Waals surface area contributed by atoms with Crippen LogP contribution in [-0.2, 0) is 0 Å². The molecule has 0 spiro atoms. The van der Waals surface area contributed by atoms with E-state index in [1.165, 1.54) is 5.56 Å². The number of fused-ring (bicyclic) bond motifs is 1. The van der Waals surface area contributed by atoms with Crippen molar-refractivity contribution in [1.82, 2.24) is 5.32 Å². The second-order valence-corrected chi connectivity index (χ2v) is 4.42. The summed E-state index contributed by atoms with van der Waals surface area (Å²) in [4.78, 5) is 0. The Balaban J connectivity index is 2.13. The van der Waals surface area contributed by atoms with Crippen molar-refractivity contribution in [2.24, 2.45) is 0 Å². The summed E-state index contributed by atoms with van der Waals surface area (Å²) < 4.78 is 5.59. The molecule has 0 saturated carbocycles. The highest BCUT2D eigenvalue weighted by Crippen LogP contribution is 2.31. The van der Waals surface area contributed by atoms with Crippen molar-refractivity contribution in [1.29, 1.82) is 0 Å². The Labute approximate surface area is 96.4 Å². The van der Waals surface area contributed by atoms with Gasteiger partial charge in [-0.05, 0) is 19.9 Å². The van der Waals surface area contributed by atoms with E-state index in [0.717, 1.165) is 18.8 Å². The van der Waals surface area contributed by atoms with E-state index in [1.807, 2.05) is 32.0 Å². The fourth-order valence-electron chi connectivity index (χ4n) is 1.97. The van der Waals surface area contributed by atoms with Crippen LogP contribution in [-0.4, -0.2) is 23.9 Å². The molecule has 0 aromatic heterocycles. The van der Waals surface area contributed by atoms with Crippen molar-refractivity contribution in [3.8, 4) is 5.75 Å². The van der Waals surface area contributed by atoms with Crippen molar-refractivity contribution in [3.05, 3.63) is 29.8 Å². The minimum atomic E-state index is -0.338. The Kier molecular flexibility index (Phi) is 3.46. The number of hydrogen-bond acceptors (Lipinski definition) is 3. The Bertz CT molecular complexity index is 352. The molecule has 1 aromatic rings. The van der Waals surface area contributed by atoms with E-state index in [9.17, 15) is 5.11 Å². The van der Waals surface area contributed by atoms with Gasteiger partial charge < -0.3 is 15.2 Å². The number of hydrogen-bond donors (Lipinski definition) is 2. The molecule has 3 nitrogen and oxygen atoms in total. The van der Waals surface area contributed by atoms with E-state index in [4.69, 9.17) is 4.74 Å². The summed E-state index contributed by atoms with van der Waals surface area (Å²) in [6.07, 6.45) is 0.614. The lowest BCUT2D eigenvalue weighted by atomic mass is 9.99. The third-order valence-corrected chi connectivity index (χ3v) is 3.15. The number of aliphatic hydroxyl groups is 1. The third-order valence-electron chi connectivity index (χ3n) is 3.15. The Morgan fingerprint density at radius 1 is 1.38 bits per heavy atom. The third kappa shape index (κ3) is 2.36. The van der Waals surface area contributed by atoms with Crippen LogP contribution in [0.1, 0.15) is 31.9 Å². The van der Waals surface area contributed by atoms with Crippen LogP contribution < -0.4 is 10.1 Å². The standard InChI is InChI=1S/C13H19NO2/c1-9(10(2)15)14-12-7-8-16-13-6-4-3-5-11(12)13/h3-6,9-10,12,14-15H,7-8H2,1-2H3. The second-order valence-electron chi connectivity index (χ2n) is 4.42. The minimum absolute atomic E-state index is 0.0937. The van der Waals surface area contributed by atoms with Gasteiger partial charge in [-0.1, -0.05) is 18.2 Å². The van der Waals surface area contributed by atoms with Crippen LogP contribution in [0.5, 0.6) is 5.75 Å². The van der Waals surface area contributed by atoms with Gasteiger partial charge in [-0.15, -0.1) is 0 Å². The van der Waals surface area contributed by atoms with E-state index in [0.29, 0.717) is 0 Å². The predicted molar refractivity (Wildman–Crippen MR) is 63.6 cm³/mol. The number of rotatable bonds is 3. The zero-order chi connectivity index (χ0) is 11.5. The van der Waals surface area contributed by atoms with Crippen LogP contribution in [0.3, 0.4) is 0 Å². The molecule has 0 saturated heterocycles. The molecule has 0 radical (unpaired) electrons. The predicted octanol–water partition coefficient (Wildman–Crippen LogP) is 1.87. The molecule has 0 bridgehead atoms. The van der Waals surface area contributed by atoms with Crippen molar-refractivity contribution in [3.63, 3.8) is 0 Å². The molecular weight excluding hydrogens is 202 g/mol. The average Bonchev–Trinajstić information content (AvgIpc) is 2.29. The highest BCUT2D eigenvalue weighted by Gasteiger charge is 2.23. The van der Waals surface area contributed by atoms with Gasteiger partial charge in [-0.3, -0.25) is 0 Å². The SMILES string of the molecule is CC(O)C(C)NC1CCOc2ccccc21. The summed E-state index contributed by atoms with van der Waals surface area (Å²) in [5, 5.41) is 13.0. The van der Waals surface area contributed by atoms with Crippen LogP contribution in [0, 0.1) is 0 Å². The van der Waals surface area contributed by atoms with E-state index in [2.05, 4.69) is 11.4 Å². The van der Waals surface area contributed by atoms with Crippen LogP contribution >= 0.6 is 0 Å². The highest BCUT2D eigenvalue weighted by molar-refractivity contribution is 5.37. The lowest BCUT2D eigenvalue weighted by molar-refractivity contribution is 0.138. The van der Waals surface area contributed by atoms with Gasteiger partial charge in [-0.2, -0.15) is 0 Å². The zero-order valence-electron chi connectivity index (χ0n) is 9.81. The molecule has 3 unspecified atom stereocenters. The Morgan fingerprint density at radius 3 is 2.88 bits per heavy atom. The lowest BCUT2D eigenvalue weighted by Gasteiger charge is -2.30. The summed E-state index contributed by atoms with van der Waals surface area (Å²) in [5.41, 5.74) is 1.20. The quantitative estimate of drug-likeness (QED) is 0.818. The molecule has 3 heteroatoms. The van der Waals surface area contributed by atoms with Gasteiger partial charge in [0.2, 0.25) is 0 Å². The van der Waals surface area contributed by atoms with Crippen molar-refractivity contribution < 1.29 is 9.84 Å². The monoisotopic (exact) mass is 221 g/mol. The van der Waals surface area contributed by atoms with Gasteiger partial charge in [-0.25, -0.2) is 0 Å². The summed E-state index contributed by atoms with van der Waals surface area (Å²) >= 11 is 0. The average molecular weight is 221 g/mol. The summed E-state index contributed by atoms with van der Waals surface area (Å²) in [6, 6.07) is 8.47. The maximum Gasteiger partial charge on any atom is 0.124 e. The van der Waals surface area contributed by atoms with Crippen molar-refractivity contribution in [2.75, 3.05) is 6.61 Å². The number of aliphatic hydroxyl groups excluding tert-OH is 1. The first kappa shape index (κ1) is 11.4. The van der Waals surface area contributed by atoms with Crippen LogP contribution in [0.2, 0.25) is 0 Å². The van der Waals surface area contributed by atoms with E-state index >= 15 is 0 Å². The van der Waals surface area contributed by atoms with Crippen LogP contribution in [0.4, 0.5) is 0 Å². The van der Waals surface area contributed by atoms with Crippen LogP contribution in [0.15, 0.2) is 24.3 Å². The summed E-state index contributed by atoms with van der Waals surface area (Å²) in [6.45, 7) is 4.55. The molecular formula is C13H19NO2. The smallest absolute Gasteiger partial charge is 0.124 e. The largest absolute Gasteiger partial charge is 0.493 e. The molecule has 2 rings (SSSR count). The molecule has 1 aromatic carbocycles. The first-order chi connectivity index (χ1) is 7.68. The molecule has 2 N–H and O–H groups in total. The Morgan fingerprint density at radius 2 is 2.12 bits per heavy atom. The molecule has 88 valence electrons. The van der Waals surface area contributed by atoms with E-state index < -0.39 is 0 Å². The van der Waals surface area contributed by atoms with E-state index in [1.54, 1.807) is 0 Å². The molecule has 1 aliphatic rings. The molecule has 0 fully saturated rings. The molecule has 3 atom stereocenters. The number of para-hydroxylation sites is 1. The van der Waals surface area contributed by atoms with Crippen molar-refractivity contribution >= 4 is 0 Å². The highest BCUT2D eigenvalue weighted by atomic mass is 16.5. The molecule has 0 aliphatic carbocycles. The fraction of sp³-hybridized carbons (Fsp3) is 0.538. The van der Waals surface area contributed by atoms with Gasteiger partial charge in [0.05, 0.1) is 12.7 Å². The number of benzene rings is 1. The first-order valence-electron chi connectivity index (χ1n) is 5.84. The minimum Gasteiger partial charge on any atom is -0.493 e. The van der Waals surface area contributed by atoms with Crippen LogP contribution in [0.25, 0.3) is 0 Å². The number of nitrogens with one attached hydrogen (secondary N) is 1. The first-order valence-corrected chi connectivity index (χ1v) is 5.84. The van der Waals surface area contributed by atoms with E-state index in [-0.39, 0.29) is 18.2 Å². The van der Waals surface area contributed by atoms with Gasteiger partial charge in [0, 0.05) is 24.1 Å². The number of ether oxygens (including phenoxy) is 1. The van der Waals surface area contributed by atoms with Gasteiger partial charge in [0.1, 0.15) is 5.75 Å². The van der Waals surface area contributed by atoms with Crippen molar-refractivity contribution in [2.45, 2.75) is 38.5 Å². The normalized spacial score (nSPS) is 23.1. The van der Waals surface area contributed by atoms with Gasteiger partial charge in [0.15, 0.2) is 0 Å². The second kappa shape index (κ2) is 4.85. The maximum absolute atomic E-state index is 9.51.